The van der Waals surface area contributed by atoms with Gasteiger partial charge < -0.3 is 16.4 Å². The fourth-order valence-electron chi connectivity index (χ4n) is 1.36. The van der Waals surface area contributed by atoms with Crippen LogP contribution in [0.5, 0.6) is 0 Å². The molecule has 0 aromatic rings. The zero-order valence-corrected chi connectivity index (χ0v) is 9.69. The molecule has 0 aromatic heterocycles. The van der Waals surface area contributed by atoms with E-state index in [2.05, 4.69) is 0 Å². The van der Waals surface area contributed by atoms with Gasteiger partial charge in [0.2, 0.25) is 11.8 Å². The first-order chi connectivity index (χ1) is 6.93. The molecular weight excluding hydrogens is 194 g/mol. The van der Waals surface area contributed by atoms with Gasteiger partial charge in [-0.25, -0.2) is 0 Å². The number of nitrogens with zero attached hydrogens (tertiary/aromatic N) is 1. The number of rotatable bonds is 6. The third kappa shape index (κ3) is 4.29. The lowest BCUT2D eigenvalue weighted by Gasteiger charge is -2.28. The lowest BCUT2D eigenvalue weighted by Crippen LogP contribution is -2.46. The molecule has 0 aliphatic heterocycles. The second kappa shape index (κ2) is 6.40. The average molecular weight is 215 g/mol. The van der Waals surface area contributed by atoms with E-state index in [9.17, 15) is 9.59 Å². The third-order valence-corrected chi connectivity index (χ3v) is 2.36. The maximum atomic E-state index is 11.9. The topological polar surface area (TPSA) is 89.4 Å². The maximum Gasteiger partial charge on any atom is 0.237 e. The Kier molecular flexibility index (Phi) is 5.93. The number of carbonyl (C=O) groups is 2. The Bertz CT molecular complexity index is 225. The van der Waals surface area contributed by atoms with Gasteiger partial charge in [0.05, 0.1) is 12.5 Å². The summed E-state index contributed by atoms with van der Waals surface area (Å²) in [5.41, 5.74) is 10.6. The molecule has 0 aliphatic carbocycles. The van der Waals surface area contributed by atoms with E-state index in [0.29, 0.717) is 13.0 Å². The molecule has 0 aliphatic rings. The molecular formula is C10H21N3O2. The van der Waals surface area contributed by atoms with Crippen LogP contribution in [-0.2, 0) is 9.59 Å². The summed E-state index contributed by atoms with van der Waals surface area (Å²) in [4.78, 5) is 24.2. The predicted octanol–water partition coefficient (Wildman–Crippen LogP) is -0.306. The van der Waals surface area contributed by atoms with E-state index in [1.807, 2.05) is 20.8 Å². The molecule has 5 nitrogen and oxygen atoms in total. The normalized spacial score (nSPS) is 12.6. The molecule has 15 heavy (non-hydrogen) atoms. The van der Waals surface area contributed by atoms with E-state index in [4.69, 9.17) is 11.5 Å². The van der Waals surface area contributed by atoms with Crippen LogP contribution in [0.2, 0.25) is 0 Å². The van der Waals surface area contributed by atoms with Crippen LogP contribution in [0.1, 0.15) is 27.2 Å². The SMILES string of the molecule is CCC(CN)C(=O)N(CC(N)=O)C(C)C. The number of hydrogen-bond acceptors (Lipinski definition) is 3. The van der Waals surface area contributed by atoms with E-state index in [1.165, 1.54) is 4.90 Å². The molecule has 88 valence electrons. The summed E-state index contributed by atoms with van der Waals surface area (Å²) in [7, 11) is 0. The van der Waals surface area contributed by atoms with Gasteiger partial charge >= 0.3 is 0 Å². The highest BCUT2D eigenvalue weighted by atomic mass is 16.2. The summed E-state index contributed by atoms with van der Waals surface area (Å²) >= 11 is 0. The van der Waals surface area contributed by atoms with Crippen molar-refractivity contribution in [1.82, 2.24) is 4.90 Å². The molecule has 0 saturated carbocycles. The molecule has 1 unspecified atom stereocenters. The minimum absolute atomic E-state index is 0.0347. The highest BCUT2D eigenvalue weighted by Gasteiger charge is 2.24. The average Bonchev–Trinajstić information content (AvgIpc) is 2.15. The summed E-state index contributed by atoms with van der Waals surface area (Å²) in [6.45, 7) is 5.87. The van der Waals surface area contributed by atoms with Gasteiger partial charge in [-0.2, -0.15) is 0 Å². The molecule has 0 aromatic carbocycles. The van der Waals surface area contributed by atoms with Crippen LogP contribution < -0.4 is 11.5 Å². The van der Waals surface area contributed by atoms with Crippen molar-refractivity contribution in [3.05, 3.63) is 0 Å². The molecule has 0 rings (SSSR count). The smallest absolute Gasteiger partial charge is 0.237 e. The van der Waals surface area contributed by atoms with Gasteiger partial charge in [-0.1, -0.05) is 6.92 Å². The lowest BCUT2D eigenvalue weighted by molar-refractivity contribution is -0.140. The van der Waals surface area contributed by atoms with Crippen molar-refractivity contribution in [2.45, 2.75) is 33.2 Å². The Morgan fingerprint density at radius 2 is 1.87 bits per heavy atom. The molecule has 4 N–H and O–H groups in total. The molecule has 5 heteroatoms. The van der Waals surface area contributed by atoms with Gasteiger partial charge in [0.25, 0.3) is 0 Å². The molecule has 1 atom stereocenters. The second-order valence-electron chi connectivity index (χ2n) is 3.87. The molecule has 0 spiro atoms. The van der Waals surface area contributed by atoms with E-state index in [-0.39, 0.29) is 24.4 Å². The Morgan fingerprint density at radius 3 is 2.13 bits per heavy atom. The summed E-state index contributed by atoms with van der Waals surface area (Å²) in [6, 6.07) is -0.0365. The first-order valence-electron chi connectivity index (χ1n) is 5.22. The van der Waals surface area contributed by atoms with Crippen LogP contribution in [0.3, 0.4) is 0 Å². The van der Waals surface area contributed by atoms with Crippen molar-refractivity contribution in [2.24, 2.45) is 17.4 Å². The van der Waals surface area contributed by atoms with Crippen LogP contribution in [0, 0.1) is 5.92 Å². The van der Waals surface area contributed by atoms with Crippen molar-refractivity contribution in [1.29, 1.82) is 0 Å². The van der Waals surface area contributed by atoms with Crippen LogP contribution in [0.25, 0.3) is 0 Å². The number of hydrogen-bond donors (Lipinski definition) is 2. The largest absolute Gasteiger partial charge is 0.368 e. The Hall–Kier alpha value is -1.10. The highest BCUT2D eigenvalue weighted by molar-refractivity contribution is 5.85. The zero-order chi connectivity index (χ0) is 12.0. The number of nitrogens with two attached hydrogens (primary N) is 2. The van der Waals surface area contributed by atoms with Crippen molar-refractivity contribution in [3.8, 4) is 0 Å². The molecule has 0 heterocycles. The summed E-state index contributed by atoms with van der Waals surface area (Å²) < 4.78 is 0. The lowest BCUT2D eigenvalue weighted by atomic mass is 10.0. The maximum absolute atomic E-state index is 11.9. The molecule has 0 radical (unpaired) electrons. The van der Waals surface area contributed by atoms with Gasteiger partial charge in [-0.05, 0) is 20.3 Å². The van der Waals surface area contributed by atoms with E-state index in [0.717, 1.165) is 0 Å². The predicted molar refractivity (Wildman–Crippen MR) is 58.9 cm³/mol. The monoisotopic (exact) mass is 215 g/mol. The van der Waals surface area contributed by atoms with Crippen molar-refractivity contribution in [3.63, 3.8) is 0 Å². The Morgan fingerprint density at radius 1 is 1.33 bits per heavy atom. The van der Waals surface area contributed by atoms with E-state index in [1.54, 1.807) is 0 Å². The highest BCUT2D eigenvalue weighted by Crippen LogP contribution is 2.09. The van der Waals surface area contributed by atoms with Crippen LogP contribution in [0.15, 0.2) is 0 Å². The van der Waals surface area contributed by atoms with Gasteiger partial charge in [0.15, 0.2) is 0 Å². The van der Waals surface area contributed by atoms with Gasteiger partial charge in [0, 0.05) is 12.6 Å². The van der Waals surface area contributed by atoms with Crippen LogP contribution in [0.4, 0.5) is 0 Å². The first kappa shape index (κ1) is 13.9. The van der Waals surface area contributed by atoms with Crippen LogP contribution in [-0.4, -0.2) is 35.8 Å². The Labute approximate surface area is 90.8 Å². The summed E-state index contributed by atoms with van der Waals surface area (Å²) in [5.74, 6) is -0.801. The molecule has 2 amide bonds. The molecule has 0 fully saturated rings. The minimum Gasteiger partial charge on any atom is -0.368 e. The summed E-state index contributed by atoms with van der Waals surface area (Å²) in [5, 5.41) is 0. The van der Waals surface area contributed by atoms with Crippen LogP contribution >= 0.6 is 0 Å². The zero-order valence-electron chi connectivity index (χ0n) is 9.69. The van der Waals surface area contributed by atoms with E-state index < -0.39 is 5.91 Å². The number of amides is 2. The standard InChI is InChI=1S/C10H21N3O2/c1-4-8(5-11)10(15)13(7(2)3)6-9(12)14/h7-8H,4-6,11H2,1-3H3,(H2,12,14). The minimum atomic E-state index is -0.496. The van der Waals surface area contributed by atoms with Crippen molar-refractivity contribution >= 4 is 11.8 Å². The van der Waals surface area contributed by atoms with Gasteiger partial charge in [-0.3, -0.25) is 9.59 Å². The molecule has 0 bridgehead atoms. The van der Waals surface area contributed by atoms with Crippen molar-refractivity contribution in [2.75, 3.05) is 13.1 Å². The fourth-order valence-corrected chi connectivity index (χ4v) is 1.36. The molecule has 0 saturated heterocycles. The second-order valence-corrected chi connectivity index (χ2v) is 3.87. The van der Waals surface area contributed by atoms with Gasteiger partial charge in [0.1, 0.15) is 0 Å². The number of primary amides is 1. The first-order valence-corrected chi connectivity index (χ1v) is 5.22. The third-order valence-electron chi connectivity index (χ3n) is 2.36. The number of carbonyl (C=O) groups excluding carboxylic acids is 2. The fraction of sp³-hybridized carbons (Fsp3) is 0.800. The summed E-state index contributed by atoms with van der Waals surface area (Å²) in [6.07, 6.45) is 0.678. The van der Waals surface area contributed by atoms with Crippen molar-refractivity contribution < 1.29 is 9.59 Å². The Balaban J connectivity index is 4.60. The quantitative estimate of drug-likeness (QED) is 0.637. The van der Waals surface area contributed by atoms with Gasteiger partial charge in [-0.15, -0.1) is 0 Å². The van der Waals surface area contributed by atoms with E-state index >= 15 is 0 Å².